The Balaban J connectivity index is 2.01. The summed E-state index contributed by atoms with van der Waals surface area (Å²) in [6, 6.07) is 13.9. The molecular weight excluding hydrogens is 336 g/mol. The summed E-state index contributed by atoms with van der Waals surface area (Å²) >= 11 is 0. The minimum Gasteiger partial charge on any atom is -0.487 e. The average Bonchev–Trinajstić information content (AvgIpc) is 2.65. The lowest BCUT2D eigenvalue weighted by Crippen LogP contribution is -2.26. The van der Waals surface area contributed by atoms with Gasteiger partial charge in [-0.3, -0.25) is 14.9 Å². The van der Waals surface area contributed by atoms with Gasteiger partial charge in [-0.25, -0.2) is 5.43 Å². The first-order chi connectivity index (χ1) is 12.5. The highest BCUT2D eigenvalue weighted by Crippen LogP contribution is 2.28. The number of rotatable bonds is 8. The van der Waals surface area contributed by atoms with Crippen LogP contribution in [0.1, 0.15) is 19.4 Å². The summed E-state index contributed by atoms with van der Waals surface area (Å²) in [4.78, 5) is 22.5. The van der Waals surface area contributed by atoms with Crippen molar-refractivity contribution >= 4 is 23.0 Å². The first-order valence-corrected chi connectivity index (χ1v) is 8.05. The first kappa shape index (κ1) is 18.9. The molecule has 26 heavy (non-hydrogen) atoms. The Kier molecular flexibility index (Phi) is 6.67. The highest BCUT2D eigenvalue weighted by Gasteiger charge is 2.16. The minimum absolute atomic E-state index is 0.0597. The standard InChI is InChI=1S/C18H20N4O4/c1-3-26-17-10-9-14(11-16(17)22(24)25)13(2)20-21-18(23)12-19-15-7-5-4-6-8-15/h4-11,19H,3,12H2,1-2H3,(H,21,23)/b20-13-. The van der Waals surface area contributed by atoms with Crippen molar-refractivity contribution in [2.24, 2.45) is 5.10 Å². The lowest BCUT2D eigenvalue weighted by Gasteiger charge is -2.07. The van der Waals surface area contributed by atoms with Crippen LogP contribution in [0.4, 0.5) is 11.4 Å². The molecule has 0 saturated carbocycles. The van der Waals surface area contributed by atoms with Gasteiger partial charge in [-0.05, 0) is 38.1 Å². The maximum absolute atomic E-state index is 11.9. The highest BCUT2D eigenvalue weighted by atomic mass is 16.6. The van der Waals surface area contributed by atoms with E-state index in [0.29, 0.717) is 17.9 Å². The van der Waals surface area contributed by atoms with Crippen molar-refractivity contribution in [3.8, 4) is 5.75 Å². The zero-order valence-corrected chi connectivity index (χ0v) is 14.6. The molecule has 8 nitrogen and oxygen atoms in total. The predicted octanol–water partition coefficient (Wildman–Crippen LogP) is 2.95. The summed E-state index contributed by atoms with van der Waals surface area (Å²) < 4.78 is 5.25. The number of para-hydroxylation sites is 1. The average molecular weight is 356 g/mol. The summed E-state index contributed by atoms with van der Waals surface area (Å²) in [7, 11) is 0. The third kappa shape index (κ3) is 5.30. The molecule has 0 bridgehead atoms. The quantitative estimate of drug-likeness (QED) is 0.430. The van der Waals surface area contributed by atoms with Crippen LogP contribution in [0.5, 0.6) is 5.75 Å². The van der Waals surface area contributed by atoms with Gasteiger partial charge in [0, 0.05) is 17.3 Å². The number of amides is 1. The van der Waals surface area contributed by atoms with Gasteiger partial charge in [-0.2, -0.15) is 5.10 Å². The molecule has 0 atom stereocenters. The van der Waals surface area contributed by atoms with Gasteiger partial charge in [0.15, 0.2) is 5.75 Å². The topological polar surface area (TPSA) is 106 Å². The number of hydrogen-bond acceptors (Lipinski definition) is 6. The third-order valence-corrected chi connectivity index (χ3v) is 3.45. The van der Waals surface area contributed by atoms with E-state index in [0.717, 1.165) is 5.69 Å². The van der Waals surface area contributed by atoms with Crippen LogP contribution < -0.4 is 15.5 Å². The van der Waals surface area contributed by atoms with Gasteiger partial charge in [0.05, 0.1) is 23.8 Å². The number of nitro groups is 1. The highest BCUT2D eigenvalue weighted by molar-refractivity contribution is 6.00. The molecule has 0 aliphatic heterocycles. The molecule has 2 rings (SSSR count). The second-order valence-electron chi connectivity index (χ2n) is 5.32. The fourth-order valence-electron chi connectivity index (χ4n) is 2.15. The number of nitrogens with zero attached hydrogens (tertiary/aromatic N) is 2. The number of hydrogen-bond donors (Lipinski definition) is 2. The number of carbonyl (C=O) groups excluding carboxylic acids is 1. The molecule has 0 unspecified atom stereocenters. The van der Waals surface area contributed by atoms with E-state index >= 15 is 0 Å². The second-order valence-corrected chi connectivity index (χ2v) is 5.32. The molecule has 0 aromatic heterocycles. The van der Waals surface area contributed by atoms with Gasteiger partial charge in [0.25, 0.3) is 5.91 Å². The van der Waals surface area contributed by atoms with E-state index in [2.05, 4.69) is 15.8 Å². The van der Waals surface area contributed by atoms with Crippen LogP contribution in [0, 0.1) is 10.1 Å². The molecule has 136 valence electrons. The van der Waals surface area contributed by atoms with Crippen LogP contribution in [0.3, 0.4) is 0 Å². The van der Waals surface area contributed by atoms with Crippen molar-refractivity contribution in [2.45, 2.75) is 13.8 Å². The van der Waals surface area contributed by atoms with Crippen molar-refractivity contribution in [1.29, 1.82) is 0 Å². The summed E-state index contributed by atoms with van der Waals surface area (Å²) in [5.41, 5.74) is 4.08. The van der Waals surface area contributed by atoms with Crippen LogP contribution in [0.25, 0.3) is 0 Å². The molecular formula is C18H20N4O4. The van der Waals surface area contributed by atoms with E-state index < -0.39 is 4.92 Å². The zero-order valence-electron chi connectivity index (χ0n) is 14.6. The smallest absolute Gasteiger partial charge is 0.311 e. The van der Waals surface area contributed by atoms with Crippen LogP contribution in [-0.4, -0.2) is 29.7 Å². The predicted molar refractivity (Wildman–Crippen MR) is 99.6 cm³/mol. The summed E-state index contributed by atoms with van der Waals surface area (Å²) in [5, 5.41) is 18.1. The van der Waals surface area contributed by atoms with Gasteiger partial charge < -0.3 is 10.1 Å². The van der Waals surface area contributed by atoms with Crippen LogP contribution in [0.2, 0.25) is 0 Å². The number of nitrogens with one attached hydrogen (secondary N) is 2. The van der Waals surface area contributed by atoms with E-state index in [1.807, 2.05) is 30.3 Å². The fraction of sp³-hybridized carbons (Fsp3) is 0.222. The van der Waals surface area contributed by atoms with E-state index in [-0.39, 0.29) is 23.9 Å². The number of hydrazone groups is 1. The molecule has 2 aromatic carbocycles. The summed E-state index contributed by atoms with van der Waals surface area (Å²) in [5.74, 6) is -0.126. The molecule has 0 radical (unpaired) electrons. The Morgan fingerprint density at radius 3 is 2.62 bits per heavy atom. The minimum atomic E-state index is -0.510. The lowest BCUT2D eigenvalue weighted by atomic mass is 10.1. The monoisotopic (exact) mass is 356 g/mol. The number of ether oxygens (including phenoxy) is 1. The van der Waals surface area contributed by atoms with Crippen molar-refractivity contribution in [1.82, 2.24) is 5.43 Å². The molecule has 0 aliphatic rings. The van der Waals surface area contributed by atoms with Crippen LogP contribution in [-0.2, 0) is 4.79 Å². The maximum Gasteiger partial charge on any atom is 0.311 e. The number of nitro benzene ring substituents is 1. The molecule has 0 fully saturated rings. The third-order valence-electron chi connectivity index (χ3n) is 3.45. The fourth-order valence-corrected chi connectivity index (χ4v) is 2.15. The van der Waals surface area contributed by atoms with Crippen molar-refractivity contribution in [3.63, 3.8) is 0 Å². The number of benzene rings is 2. The largest absolute Gasteiger partial charge is 0.487 e. The summed E-state index contributed by atoms with van der Waals surface area (Å²) in [6.45, 7) is 3.80. The van der Waals surface area contributed by atoms with Gasteiger partial charge in [0.1, 0.15) is 0 Å². The van der Waals surface area contributed by atoms with E-state index in [1.165, 1.54) is 12.1 Å². The van der Waals surface area contributed by atoms with Crippen molar-refractivity contribution in [2.75, 3.05) is 18.5 Å². The van der Waals surface area contributed by atoms with Crippen molar-refractivity contribution in [3.05, 3.63) is 64.2 Å². The Hall–Kier alpha value is -3.42. The zero-order chi connectivity index (χ0) is 18.9. The molecule has 0 saturated heterocycles. The Morgan fingerprint density at radius 1 is 1.23 bits per heavy atom. The Bertz CT molecular complexity index is 806. The number of anilines is 1. The molecule has 8 heteroatoms. The maximum atomic E-state index is 11.9. The van der Waals surface area contributed by atoms with E-state index in [4.69, 9.17) is 4.74 Å². The normalized spacial score (nSPS) is 10.9. The SMILES string of the molecule is CCOc1ccc(/C(C)=N\NC(=O)CNc2ccccc2)cc1[N+](=O)[O-]. The van der Waals surface area contributed by atoms with Crippen LogP contribution in [0.15, 0.2) is 53.6 Å². The Labute approximate surface area is 151 Å². The van der Waals surface area contributed by atoms with Gasteiger partial charge >= 0.3 is 5.69 Å². The van der Waals surface area contributed by atoms with Crippen molar-refractivity contribution < 1.29 is 14.5 Å². The number of carbonyl (C=O) groups is 1. The molecule has 0 heterocycles. The first-order valence-electron chi connectivity index (χ1n) is 8.05. The molecule has 0 aliphatic carbocycles. The van der Waals surface area contributed by atoms with Gasteiger partial charge in [-0.15, -0.1) is 0 Å². The van der Waals surface area contributed by atoms with E-state index in [9.17, 15) is 14.9 Å². The van der Waals surface area contributed by atoms with Gasteiger partial charge in [-0.1, -0.05) is 18.2 Å². The molecule has 0 spiro atoms. The van der Waals surface area contributed by atoms with Gasteiger partial charge in [0.2, 0.25) is 0 Å². The second kappa shape index (κ2) is 9.16. The summed E-state index contributed by atoms with van der Waals surface area (Å²) in [6.07, 6.45) is 0. The molecule has 2 N–H and O–H groups in total. The Morgan fingerprint density at radius 2 is 1.96 bits per heavy atom. The van der Waals surface area contributed by atoms with E-state index in [1.54, 1.807) is 19.9 Å². The lowest BCUT2D eigenvalue weighted by molar-refractivity contribution is -0.385. The molecule has 1 amide bonds. The molecule has 2 aromatic rings. The van der Waals surface area contributed by atoms with Crippen LogP contribution >= 0.6 is 0 Å².